The Hall–Kier alpha value is -2.93. The van der Waals surface area contributed by atoms with Gasteiger partial charge >= 0.3 is 0 Å². The van der Waals surface area contributed by atoms with Crippen LogP contribution in [-0.2, 0) is 4.79 Å². The highest BCUT2D eigenvalue weighted by atomic mass is 32.2. The number of nitrogens with zero attached hydrogens (tertiary/aromatic N) is 3. The van der Waals surface area contributed by atoms with Gasteiger partial charge in [0.25, 0.3) is 0 Å². The maximum Gasteiger partial charge on any atom is 0.234 e. The Labute approximate surface area is 148 Å². The molecule has 0 aliphatic heterocycles. The fraction of sp³-hybridized carbons (Fsp3) is 0.111. The van der Waals surface area contributed by atoms with Crippen molar-refractivity contribution in [2.45, 2.75) is 12.1 Å². The number of hydrogen-bond donors (Lipinski definition) is 2. The van der Waals surface area contributed by atoms with E-state index in [2.05, 4.69) is 25.5 Å². The first-order valence-electron chi connectivity index (χ1n) is 7.80. The number of nitrogens with one attached hydrogen (secondary N) is 2. The third kappa shape index (κ3) is 3.18. The lowest BCUT2D eigenvalue weighted by Crippen LogP contribution is -2.14. The van der Waals surface area contributed by atoms with Crippen molar-refractivity contribution in [3.63, 3.8) is 0 Å². The number of hydrogen-bond acceptors (Lipinski definition) is 5. The zero-order valence-corrected chi connectivity index (χ0v) is 14.3. The van der Waals surface area contributed by atoms with Crippen LogP contribution in [0.2, 0.25) is 0 Å². The van der Waals surface area contributed by atoms with Gasteiger partial charge in [-0.1, -0.05) is 48.2 Å². The second kappa shape index (κ2) is 6.52. The molecule has 0 aliphatic rings. The third-order valence-corrected chi connectivity index (χ3v) is 4.67. The van der Waals surface area contributed by atoms with Crippen molar-refractivity contribution in [2.24, 2.45) is 0 Å². The lowest BCUT2D eigenvalue weighted by molar-refractivity contribution is -0.113. The molecule has 7 heteroatoms. The molecular formula is C18H15N5OS. The quantitative estimate of drug-likeness (QED) is 0.551. The summed E-state index contributed by atoms with van der Waals surface area (Å²) in [5.41, 5.74) is 4.35. The minimum absolute atomic E-state index is 0.104. The molecule has 0 atom stereocenters. The van der Waals surface area contributed by atoms with E-state index in [1.165, 1.54) is 11.8 Å². The second-order valence-electron chi connectivity index (χ2n) is 5.62. The predicted octanol–water partition coefficient (Wildman–Crippen LogP) is 3.55. The zero-order chi connectivity index (χ0) is 17.2. The molecule has 0 spiro atoms. The molecule has 2 N–H and O–H groups in total. The molecule has 1 amide bonds. The Balaban J connectivity index is 1.51. The number of benzene rings is 2. The second-order valence-corrected chi connectivity index (χ2v) is 6.56. The number of aromatic amines is 1. The summed E-state index contributed by atoms with van der Waals surface area (Å²) in [6.45, 7) is 2.04. The molecule has 0 saturated carbocycles. The van der Waals surface area contributed by atoms with Gasteiger partial charge in [-0.2, -0.15) is 0 Å². The fourth-order valence-corrected chi connectivity index (χ4v) is 3.23. The highest BCUT2D eigenvalue weighted by Crippen LogP contribution is 2.25. The van der Waals surface area contributed by atoms with Crippen LogP contribution in [0.5, 0.6) is 0 Å². The monoisotopic (exact) mass is 349 g/mol. The van der Waals surface area contributed by atoms with Crippen LogP contribution in [0.4, 0.5) is 5.69 Å². The topological polar surface area (TPSA) is 83.6 Å². The lowest BCUT2D eigenvalue weighted by Gasteiger charge is -2.03. The van der Waals surface area contributed by atoms with E-state index in [0.29, 0.717) is 10.8 Å². The summed E-state index contributed by atoms with van der Waals surface area (Å²) in [7, 11) is 0. The van der Waals surface area contributed by atoms with Crippen LogP contribution in [0.3, 0.4) is 0 Å². The standard InChI is InChI=1S/C18H15N5OS/c1-11-6-5-9-13-15(11)20-17-16(13)22-23-18(21-17)25-10-14(24)19-12-7-3-2-4-8-12/h2-9H,10H2,1H3,(H,19,24)(H,20,21,23). The first-order valence-corrected chi connectivity index (χ1v) is 8.79. The van der Waals surface area contributed by atoms with Gasteiger partial charge in [-0.25, -0.2) is 4.98 Å². The summed E-state index contributed by atoms with van der Waals surface area (Å²) < 4.78 is 0. The van der Waals surface area contributed by atoms with Gasteiger partial charge in [0.05, 0.1) is 11.3 Å². The molecule has 6 nitrogen and oxygen atoms in total. The Kier molecular flexibility index (Phi) is 4.07. The number of H-pyrrole nitrogens is 1. The average molecular weight is 349 g/mol. The number of aromatic nitrogens is 4. The molecule has 25 heavy (non-hydrogen) atoms. The summed E-state index contributed by atoms with van der Waals surface area (Å²) in [5, 5.41) is 12.7. The normalized spacial score (nSPS) is 11.1. The van der Waals surface area contributed by atoms with Crippen molar-refractivity contribution >= 4 is 45.4 Å². The maximum absolute atomic E-state index is 12.0. The molecule has 2 heterocycles. The predicted molar refractivity (Wildman–Crippen MR) is 99.7 cm³/mol. The smallest absolute Gasteiger partial charge is 0.234 e. The molecule has 0 aliphatic carbocycles. The zero-order valence-electron chi connectivity index (χ0n) is 13.5. The van der Waals surface area contributed by atoms with Crippen LogP contribution >= 0.6 is 11.8 Å². The molecule has 4 aromatic rings. The summed E-state index contributed by atoms with van der Waals surface area (Å²) in [6.07, 6.45) is 0. The first kappa shape index (κ1) is 15.6. The van der Waals surface area contributed by atoms with Crippen molar-refractivity contribution in [3.8, 4) is 0 Å². The minimum atomic E-state index is -0.104. The Bertz CT molecular complexity index is 1060. The molecule has 4 rings (SSSR count). The van der Waals surface area contributed by atoms with Gasteiger partial charge in [-0.3, -0.25) is 4.79 Å². The number of carbonyl (C=O) groups is 1. The number of fused-ring (bicyclic) bond motifs is 3. The lowest BCUT2D eigenvalue weighted by atomic mass is 10.1. The molecule has 0 radical (unpaired) electrons. The van der Waals surface area contributed by atoms with Crippen molar-refractivity contribution < 1.29 is 4.79 Å². The Morgan fingerprint density at radius 2 is 1.96 bits per heavy atom. The molecule has 2 aromatic heterocycles. The van der Waals surface area contributed by atoms with Crippen LogP contribution in [-0.4, -0.2) is 31.8 Å². The summed E-state index contributed by atoms with van der Waals surface area (Å²) in [4.78, 5) is 19.8. The highest BCUT2D eigenvalue weighted by molar-refractivity contribution is 7.99. The van der Waals surface area contributed by atoms with Crippen molar-refractivity contribution in [3.05, 3.63) is 54.1 Å². The van der Waals surface area contributed by atoms with Crippen molar-refractivity contribution in [1.29, 1.82) is 0 Å². The molecule has 0 unspecified atom stereocenters. The molecule has 124 valence electrons. The van der Waals surface area contributed by atoms with E-state index in [1.54, 1.807) is 0 Å². The van der Waals surface area contributed by atoms with E-state index >= 15 is 0 Å². The van der Waals surface area contributed by atoms with Crippen LogP contribution < -0.4 is 5.32 Å². The number of anilines is 1. The summed E-state index contributed by atoms with van der Waals surface area (Å²) in [5.74, 6) is 0.119. The number of amides is 1. The van der Waals surface area contributed by atoms with Gasteiger partial charge in [0, 0.05) is 11.1 Å². The van der Waals surface area contributed by atoms with E-state index in [4.69, 9.17) is 0 Å². The fourth-order valence-electron chi connectivity index (χ4n) is 2.64. The van der Waals surface area contributed by atoms with Crippen molar-refractivity contribution in [1.82, 2.24) is 20.2 Å². The number of thioether (sulfide) groups is 1. The maximum atomic E-state index is 12.0. The minimum Gasteiger partial charge on any atom is -0.337 e. The molecule has 0 bridgehead atoms. The van der Waals surface area contributed by atoms with Crippen LogP contribution in [0.25, 0.3) is 22.1 Å². The number of rotatable bonds is 4. The van der Waals surface area contributed by atoms with E-state index < -0.39 is 0 Å². The van der Waals surface area contributed by atoms with E-state index in [1.807, 2.05) is 55.5 Å². The SMILES string of the molecule is Cc1cccc2c1[nH]c1nc(SCC(=O)Nc3ccccc3)nnc12. The Morgan fingerprint density at radius 3 is 2.80 bits per heavy atom. The van der Waals surface area contributed by atoms with Gasteiger partial charge in [0.2, 0.25) is 11.1 Å². The molecule has 0 fully saturated rings. The van der Waals surface area contributed by atoms with Gasteiger partial charge < -0.3 is 10.3 Å². The largest absolute Gasteiger partial charge is 0.337 e. The van der Waals surface area contributed by atoms with Crippen LogP contribution in [0, 0.1) is 6.92 Å². The van der Waals surface area contributed by atoms with E-state index in [-0.39, 0.29) is 11.7 Å². The van der Waals surface area contributed by atoms with Gasteiger partial charge in [-0.15, -0.1) is 10.2 Å². The van der Waals surface area contributed by atoms with Gasteiger partial charge in [-0.05, 0) is 24.6 Å². The number of carbonyl (C=O) groups excluding carboxylic acids is 1. The van der Waals surface area contributed by atoms with Crippen LogP contribution in [0.15, 0.2) is 53.7 Å². The number of aryl methyl sites for hydroxylation is 1. The van der Waals surface area contributed by atoms with Crippen LogP contribution in [0.1, 0.15) is 5.56 Å². The average Bonchev–Trinajstić information content (AvgIpc) is 3.00. The highest BCUT2D eigenvalue weighted by Gasteiger charge is 2.11. The van der Waals surface area contributed by atoms with Gasteiger partial charge in [0.1, 0.15) is 5.52 Å². The summed E-state index contributed by atoms with van der Waals surface area (Å²) >= 11 is 1.26. The first-order chi connectivity index (χ1) is 12.2. The third-order valence-electron chi connectivity index (χ3n) is 3.83. The summed E-state index contributed by atoms with van der Waals surface area (Å²) in [6, 6.07) is 15.4. The molecule has 2 aromatic carbocycles. The van der Waals surface area contributed by atoms with Crippen molar-refractivity contribution in [2.75, 3.05) is 11.1 Å². The number of para-hydroxylation sites is 2. The van der Waals surface area contributed by atoms with Gasteiger partial charge in [0.15, 0.2) is 5.65 Å². The molecule has 0 saturated heterocycles. The van der Waals surface area contributed by atoms with E-state index in [0.717, 1.165) is 27.7 Å². The van der Waals surface area contributed by atoms with E-state index in [9.17, 15) is 4.79 Å². The Morgan fingerprint density at radius 1 is 1.12 bits per heavy atom. The molecular weight excluding hydrogens is 334 g/mol.